The molecular weight excluding hydrogens is 204 g/mol. The van der Waals surface area contributed by atoms with E-state index in [-0.39, 0.29) is 6.61 Å². The van der Waals surface area contributed by atoms with Gasteiger partial charge in [-0.3, -0.25) is 0 Å². The third-order valence-electron chi connectivity index (χ3n) is 1.92. The Morgan fingerprint density at radius 1 is 1.14 bits per heavy atom. The lowest BCUT2D eigenvalue weighted by molar-refractivity contribution is -0.245. The van der Waals surface area contributed by atoms with E-state index < -0.39 is 32.9 Å². The molecule has 1 saturated heterocycles. The van der Waals surface area contributed by atoms with Gasteiger partial charge in [0, 0.05) is 0 Å². The van der Waals surface area contributed by atoms with Gasteiger partial charge < -0.3 is 24.5 Å². The van der Waals surface area contributed by atoms with Crippen LogP contribution in [0.2, 0.25) is 19.6 Å². The molecule has 14 heavy (non-hydrogen) atoms. The van der Waals surface area contributed by atoms with Crippen molar-refractivity contribution in [3.05, 3.63) is 0 Å². The van der Waals surface area contributed by atoms with Crippen molar-refractivity contribution < 1.29 is 24.5 Å². The zero-order chi connectivity index (χ0) is 10.9. The second kappa shape index (κ2) is 4.26. The Labute approximate surface area is 84.4 Å². The highest BCUT2D eigenvalue weighted by Crippen LogP contribution is 2.19. The zero-order valence-electron chi connectivity index (χ0n) is 8.67. The molecule has 0 aliphatic carbocycles. The van der Waals surface area contributed by atoms with E-state index in [1.54, 1.807) is 0 Å². The Bertz CT molecular complexity index is 193. The predicted molar refractivity (Wildman–Crippen MR) is 52.2 cm³/mol. The molecule has 4 atom stereocenters. The first-order valence-electron chi connectivity index (χ1n) is 4.65. The summed E-state index contributed by atoms with van der Waals surface area (Å²) >= 11 is 0. The summed E-state index contributed by atoms with van der Waals surface area (Å²) in [4.78, 5) is 0. The van der Waals surface area contributed by atoms with E-state index in [9.17, 15) is 15.3 Å². The van der Waals surface area contributed by atoms with Crippen molar-refractivity contribution in [1.29, 1.82) is 0 Å². The first kappa shape index (κ1) is 12.1. The first-order chi connectivity index (χ1) is 6.31. The average molecular weight is 222 g/mol. The molecule has 1 aliphatic rings. The lowest BCUT2D eigenvalue weighted by atomic mass is 10.1. The van der Waals surface area contributed by atoms with Crippen LogP contribution >= 0.6 is 0 Å². The van der Waals surface area contributed by atoms with E-state index >= 15 is 0 Å². The van der Waals surface area contributed by atoms with E-state index in [0.717, 1.165) is 0 Å². The summed E-state index contributed by atoms with van der Waals surface area (Å²) in [6.45, 7) is 5.87. The smallest absolute Gasteiger partial charge is 0.187 e. The molecule has 84 valence electrons. The molecule has 1 unspecified atom stereocenters. The molecule has 0 spiro atoms. The lowest BCUT2D eigenvalue weighted by Crippen LogP contribution is -2.55. The van der Waals surface area contributed by atoms with Crippen LogP contribution in [0.5, 0.6) is 0 Å². The topological polar surface area (TPSA) is 79.2 Å². The Hall–Kier alpha value is 0.0169. The molecule has 1 heterocycles. The fourth-order valence-electron chi connectivity index (χ4n) is 1.23. The van der Waals surface area contributed by atoms with E-state index in [1.807, 2.05) is 19.6 Å². The highest BCUT2D eigenvalue weighted by molar-refractivity contribution is 6.69. The summed E-state index contributed by atoms with van der Waals surface area (Å²) in [5.41, 5.74) is 0. The summed E-state index contributed by atoms with van der Waals surface area (Å²) in [5, 5.41) is 28.1. The standard InChI is InChI=1S/C8H18O5Si/c1-14(2,3)13-8-7(11)6(10)5(9)4-12-8/h5-11H,4H2,1-3H3/t5-,6-,7+,8?/m0/s1. The number of ether oxygens (including phenoxy) is 1. The SMILES string of the molecule is C[Si](C)(C)OC1OC[C@H](O)[C@H](O)[C@H]1O. The largest absolute Gasteiger partial charge is 0.391 e. The van der Waals surface area contributed by atoms with E-state index in [4.69, 9.17) is 9.16 Å². The monoisotopic (exact) mass is 222 g/mol. The van der Waals surface area contributed by atoms with Crippen LogP contribution in [0.1, 0.15) is 0 Å². The van der Waals surface area contributed by atoms with Gasteiger partial charge in [-0.1, -0.05) is 0 Å². The molecule has 6 heteroatoms. The summed E-state index contributed by atoms with van der Waals surface area (Å²) in [6, 6.07) is 0. The van der Waals surface area contributed by atoms with Gasteiger partial charge in [0.15, 0.2) is 14.6 Å². The van der Waals surface area contributed by atoms with Crippen LogP contribution in [-0.4, -0.2) is 54.8 Å². The second-order valence-electron chi connectivity index (χ2n) is 4.48. The van der Waals surface area contributed by atoms with Crippen LogP contribution in [0.25, 0.3) is 0 Å². The van der Waals surface area contributed by atoms with Crippen molar-refractivity contribution in [3.63, 3.8) is 0 Å². The molecule has 1 fully saturated rings. The van der Waals surface area contributed by atoms with Gasteiger partial charge in [0.1, 0.15) is 18.3 Å². The minimum absolute atomic E-state index is 0.00657. The van der Waals surface area contributed by atoms with Gasteiger partial charge in [-0.05, 0) is 19.6 Å². The Morgan fingerprint density at radius 3 is 2.21 bits per heavy atom. The normalized spacial score (nSPS) is 39.9. The lowest BCUT2D eigenvalue weighted by Gasteiger charge is -2.37. The fraction of sp³-hybridized carbons (Fsp3) is 1.00. The van der Waals surface area contributed by atoms with Crippen molar-refractivity contribution in [3.8, 4) is 0 Å². The van der Waals surface area contributed by atoms with Crippen molar-refractivity contribution in [2.45, 2.75) is 44.2 Å². The zero-order valence-corrected chi connectivity index (χ0v) is 9.67. The molecule has 0 aromatic heterocycles. The van der Waals surface area contributed by atoms with Crippen molar-refractivity contribution in [2.75, 3.05) is 6.61 Å². The van der Waals surface area contributed by atoms with Gasteiger partial charge in [-0.2, -0.15) is 0 Å². The maximum absolute atomic E-state index is 9.53. The molecule has 5 nitrogen and oxygen atoms in total. The van der Waals surface area contributed by atoms with Gasteiger partial charge >= 0.3 is 0 Å². The highest BCUT2D eigenvalue weighted by atomic mass is 28.4. The number of aliphatic hydroxyl groups is 3. The molecule has 0 bridgehead atoms. The van der Waals surface area contributed by atoms with Gasteiger partial charge in [0.05, 0.1) is 6.61 Å². The number of aliphatic hydroxyl groups excluding tert-OH is 3. The Kier molecular flexibility index (Phi) is 3.67. The molecule has 0 aromatic rings. The number of rotatable bonds is 2. The van der Waals surface area contributed by atoms with Crippen LogP contribution < -0.4 is 0 Å². The molecule has 0 amide bonds. The Morgan fingerprint density at radius 2 is 1.71 bits per heavy atom. The van der Waals surface area contributed by atoms with Gasteiger partial charge in [-0.25, -0.2) is 0 Å². The highest BCUT2D eigenvalue weighted by Gasteiger charge is 2.39. The van der Waals surface area contributed by atoms with Crippen LogP contribution in [-0.2, 0) is 9.16 Å². The van der Waals surface area contributed by atoms with Crippen LogP contribution in [0, 0.1) is 0 Å². The van der Waals surface area contributed by atoms with E-state index in [0.29, 0.717) is 0 Å². The first-order valence-corrected chi connectivity index (χ1v) is 8.06. The summed E-state index contributed by atoms with van der Waals surface area (Å²) in [6.07, 6.45) is -4.22. The van der Waals surface area contributed by atoms with Gasteiger partial charge in [0.2, 0.25) is 0 Å². The molecule has 0 aromatic carbocycles. The molecule has 3 N–H and O–H groups in total. The minimum Gasteiger partial charge on any atom is -0.391 e. The number of hydrogen-bond donors (Lipinski definition) is 3. The summed E-state index contributed by atoms with van der Waals surface area (Å²) in [5.74, 6) is 0. The summed E-state index contributed by atoms with van der Waals surface area (Å²) in [7, 11) is -1.82. The quantitative estimate of drug-likeness (QED) is 0.537. The van der Waals surface area contributed by atoms with Crippen molar-refractivity contribution in [2.24, 2.45) is 0 Å². The average Bonchev–Trinajstić information content (AvgIpc) is 2.04. The van der Waals surface area contributed by atoms with Crippen molar-refractivity contribution >= 4 is 8.32 Å². The maximum Gasteiger partial charge on any atom is 0.187 e. The maximum atomic E-state index is 9.53. The second-order valence-corrected chi connectivity index (χ2v) is 8.94. The van der Waals surface area contributed by atoms with E-state index in [2.05, 4.69) is 0 Å². The fourth-order valence-corrected chi connectivity index (χ4v) is 2.14. The predicted octanol–water partition coefficient (Wildman–Crippen LogP) is -0.723. The molecule has 1 rings (SSSR count). The molecule has 0 saturated carbocycles. The number of hydrogen-bond acceptors (Lipinski definition) is 5. The summed E-state index contributed by atoms with van der Waals surface area (Å²) < 4.78 is 10.6. The Balaban J connectivity index is 2.55. The molecule has 1 aliphatic heterocycles. The van der Waals surface area contributed by atoms with Gasteiger partial charge in [-0.15, -0.1) is 0 Å². The molecular formula is C8H18O5Si. The third kappa shape index (κ3) is 3.01. The van der Waals surface area contributed by atoms with Gasteiger partial charge in [0.25, 0.3) is 0 Å². The van der Waals surface area contributed by atoms with E-state index in [1.165, 1.54) is 0 Å². The van der Waals surface area contributed by atoms with Crippen LogP contribution in [0.4, 0.5) is 0 Å². The van der Waals surface area contributed by atoms with Crippen LogP contribution in [0.15, 0.2) is 0 Å². The van der Waals surface area contributed by atoms with Crippen LogP contribution in [0.3, 0.4) is 0 Å². The minimum atomic E-state index is -1.82. The molecule has 0 radical (unpaired) electrons. The van der Waals surface area contributed by atoms with Crippen molar-refractivity contribution in [1.82, 2.24) is 0 Å². The third-order valence-corrected chi connectivity index (χ3v) is 2.86.